The molecule has 6 heteroatoms. The van der Waals surface area contributed by atoms with Crippen molar-refractivity contribution in [1.29, 1.82) is 5.26 Å². The molecule has 0 spiro atoms. The van der Waals surface area contributed by atoms with E-state index in [1.54, 1.807) is 0 Å². The molecule has 0 aliphatic rings. The van der Waals surface area contributed by atoms with E-state index in [1.807, 2.05) is 42.6 Å². The van der Waals surface area contributed by atoms with Gasteiger partial charge in [-0.15, -0.1) is 0 Å². The molecular formula is C49H47N5O. The van der Waals surface area contributed by atoms with E-state index in [0.717, 1.165) is 50.0 Å². The Hall–Kier alpha value is -6.19. The maximum Gasteiger partial charge on any atom is 0.269 e. The standard InChI is InChI=1S/C49H47N5O/c1-47(2,3)33-21-22-51-46(27-33)54-42-20-17-32(30-50)23-41(42)40-19-18-39(29-45(40)54)55-38-14-12-13-36(28-38)52-31-53(44-16-11-10-15-43(44)52)37-25-34(48(4,5)6)24-35(26-37)49(7,8)9/h10-29H,1-9H3. The minimum absolute atomic E-state index is 0.00939. The lowest BCUT2D eigenvalue weighted by atomic mass is 9.80. The first-order chi connectivity index (χ1) is 26.1. The van der Waals surface area contributed by atoms with Crippen LogP contribution in [-0.2, 0) is 16.2 Å². The molecule has 8 aromatic rings. The average molecular weight is 722 g/mol. The number of rotatable bonds is 5. The van der Waals surface area contributed by atoms with E-state index in [-0.39, 0.29) is 16.2 Å². The van der Waals surface area contributed by atoms with Gasteiger partial charge in [-0.05, 0) is 106 Å². The van der Waals surface area contributed by atoms with Crippen LogP contribution in [0.5, 0.6) is 11.5 Å². The van der Waals surface area contributed by atoms with Crippen molar-refractivity contribution in [1.82, 2.24) is 14.1 Å². The molecule has 0 fully saturated rings. The van der Waals surface area contributed by atoms with Crippen molar-refractivity contribution in [2.75, 3.05) is 0 Å². The average Bonchev–Trinajstić information content (AvgIpc) is 3.69. The highest BCUT2D eigenvalue weighted by Crippen LogP contribution is 2.37. The van der Waals surface area contributed by atoms with Crippen LogP contribution in [0.15, 0.2) is 121 Å². The van der Waals surface area contributed by atoms with E-state index >= 15 is 0 Å². The highest BCUT2D eigenvalue weighted by molar-refractivity contribution is 6.10. The summed E-state index contributed by atoms with van der Waals surface area (Å²) in [4.78, 5) is 4.83. The van der Waals surface area contributed by atoms with Crippen LogP contribution >= 0.6 is 0 Å². The molecule has 55 heavy (non-hydrogen) atoms. The highest BCUT2D eigenvalue weighted by Gasteiger charge is 2.23. The summed E-state index contributed by atoms with van der Waals surface area (Å²) in [6, 6.07) is 42.1. The lowest BCUT2D eigenvalue weighted by Gasteiger charge is -2.26. The van der Waals surface area contributed by atoms with Crippen molar-refractivity contribution in [2.24, 2.45) is 0 Å². The number of para-hydroxylation sites is 2. The number of ether oxygens (including phenoxy) is 1. The van der Waals surface area contributed by atoms with Crippen LogP contribution in [0.4, 0.5) is 0 Å². The summed E-state index contributed by atoms with van der Waals surface area (Å²) in [5.41, 5.74) is 10.4. The third-order valence-electron chi connectivity index (χ3n) is 10.5. The lowest BCUT2D eigenvalue weighted by molar-refractivity contribution is -0.572. The van der Waals surface area contributed by atoms with Crippen LogP contribution in [0.25, 0.3) is 50.0 Å². The smallest absolute Gasteiger partial charge is 0.269 e. The fraction of sp³-hybridized carbons (Fsp3) is 0.245. The van der Waals surface area contributed by atoms with E-state index < -0.39 is 0 Å². The Morgan fingerprint density at radius 1 is 0.618 bits per heavy atom. The number of nitriles is 1. The fourth-order valence-electron chi connectivity index (χ4n) is 7.26. The Morgan fingerprint density at radius 2 is 1.33 bits per heavy atom. The molecule has 0 N–H and O–H groups in total. The first-order valence-corrected chi connectivity index (χ1v) is 18.9. The van der Waals surface area contributed by atoms with E-state index in [2.05, 4.69) is 167 Å². The van der Waals surface area contributed by atoms with Crippen molar-refractivity contribution in [3.8, 4) is 34.8 Å². The zero-order valence-electron chi connectivity index (χ0n) is 33.2. The third kappa shape index (κ3) is 6.65. The van der Waals surface area contributed by atoms with Crippen molar-refractivity contribution < 1.29 is 9.30 Å². The predicted molar refractivity (Wildman–Crippen MR) is 223 cm³/mol. The SMILES string of the molecule is CC(C)(C)c1cc(-[n+]2[c-]n(-c3cccc(Oc4ccc5c6cc(C#N)ccc6n(-c6cc(C(C)(C)C)ccn6)c5c4)c3)c3ccccc32)cc(C(C)(C)C)c1. The van der Waals surface area contributed by atoms with Crippen molar-refractivity contribution in [3.05, 3.63) is 150 Å². The molecule has 8 rings (SSSR count). The molecule has 0 saturated carbocycles. The normalized spacial score (nSPS) is 12.4. The van der Waals surface area contributed by atoms with Gasteiger partial charge in [-0.2, -0.15) is 5.26 Å². The largest absolute Gasteiger partial charge is 0.458 e. The van der Waals surface area contributed by atoms with Gasteiger partial charge in [0.1, 0.15) is 17.3 Å². The van der Waals surface area contributed by atoms with E-state index in [9.17, 15) is 5.26 Å². The van der Waals surface area contributed by atoms with Crippen LogP contribution in [0.1, 0.15) is 84.6 Å². The van der Waals surface area contributed by atoms with Gasteiger partial charge >= 0.3 is 0 Å². The molecule has 5 aromatic carbocycles. The topological polar surface area (TPSA) is 59.6 Å². The molecule has 3 aromatic heterocycles. The van der Waals surface area contributed by atoms with Crippen LogP contribution in [0.3, 0.4) is 0 Å². The molecule has 0 amide bonds. The summed E-state index contributed by atoms with van der Waals surface area (Å²) in [5.74, 6) is 2.23. The molecule has 0 aliphatic carbocycles. The van der Waals surface area contributed by atoms with Gasteiger partial charge in [-0.25, -0.2) is 4.98 Å². The predicted octanol–water partition coefficient (Wildman–Crippen LogP) is 11.8. The Labute approximate surface area is 323 Å². The third-order valence-corrected chi connectivity index (χ3v) is 10.5. The molecule has 0 bridgehead atoms. The summed E-state index contributed by atoms with van der Waals surface area (Å²) in [7, 11) is 0. The highest BCUT2D eigenvalue weighted by atomic mass is 16.5. The first-order valence-electron chi connectivity index (χ1n) is 18.9. The van der Waals surface area contributed by atoms with Gasteiger partial charge in [0.05, 0.1) is 45.1 Å². The quantitative estimate of drug-likeness (QED) is 0.131. The number of hydrogen-bond donors (Lipinski definition) is 0. The van der Waals surface area contributed by atoms with Crippen LogP contribution < -0.4 is 9.30 Å². The monoisotopic (exact) mass is 721 g/mol. The van der Waals surface area contributed by atoms with Gasteiger partial charge in [-0.1, -0.05) is 98.7 Å². The summed E-state index contributed by atoms with van der Waals surface area (Å²) in [6.07, 6.45) is 5.58. The summed E-state index contributed by atoms with van der Waals surface area (Å²) < 4.78 is 13.1. The summed E-state index contributed by atoms with van der Waals surface area (Å²) in [6.45, 7) is 20.2. The Balaban J connectivity index is 1.22. The summed E-state index contributed by atoms with van der Waals surface area (Å²) in [5, 5.41) is 11.8. The Morgan fingerprint density at radius 3 is 2.04 bits per heavy atom. The number of fused-ring (bicyclic) bond motifs is 4. The molecule has 3 heterocycles. The van der Waals surface area contributed by atoms with Gasteiger partial charge in [-0.3, -0.25) is 13.7 Å². The minimum atomic E-state index is -0.0444. The second-order valence-corrected chi connectivity index (χ2v) is 17.6. The molecule has 6 nitrogen and oxygen atoms in total. The minimum Gasteiger partial charge on any atom is -0.458 e. The van der Waals surface area contributed by atoms with Crippen LogP contribution in [0, 0.1) is 17.7 Å². The number of hydrogen-bond acceptors (Lipinski definition) is 3. The van der Waals surface area contributed by atoms with E-state index in [4.69, 9.17) is 9.72 Å². The molecule has 0 aliphatic heterocycles. The molecule has 274 valence electrons. The second-order valence-electron chi connectivity index (χ2n) is 17.6. The van der Waals surface area contributed by atoms with E-state index in [1.165, 1.54) is 16.7 Å². The molecular weight excluding hydrogens is 675 g/mol. The number of pyridine rings is 1. The van der Waals surface area contributed by atoms with Crippen molar-refractivity contribution in [3.63, 3.8) is 0 Å². The molecule has 0 unspecified atom stereocenters. The van der Waals surface area contributed by atoms with Gasteiger partial charge in [0.2, 0.25) is 0 Å². The van der Waals surface area contributed by atoms with Crippen molar-refractivity contribution >= 4 is 32.8 Å². The number of imidazole rings is 1. The summed E-state index contributed by atoms with van der Waals surface area (Å²) >= 11 is 0. The van der Waals surface area contributed by atoms with E-state index in [0.29, 0.717) is 17.1 Å². The van der Waals surface area contributed by atoms with Crippen LogP contribution in [-0.4, -0.2) is 14.1 Å². The van der Waals surface area contributed by atoms with Gasteiger partial charge in [0.25, 0.3) is 6.33 Å². The zero-order valence-corrected chi connectivity index (χ0v) is 33.2. The Bertz CT molecular complexity index is 2780. The number of aromatic nitrogens is 4. The number of benzene rings is 5. The first kappa shape index (κ1) is 35.8. The van der Waals surface area contributed by atoms with Gasteiger partial charge in [0.15, 0.2) is 0 Å². The van der Waals surface area contributed by atoms with Crippen molar-refractivity contribution in [2.45, 2.75) is 78.6 Å². The van der Waals surface area contributed by atoms with Crippen LogP contribution in [0.2, 0.25) is 0 Å². The fourth-order valence-corrected chi connectivity index (χ4v) is 7.26. The van der Waals surface area contributed by atoms with Gasteiger partial charge in [0, 0.05) is 23.0 Å². The Kier molecular flexibility index (Phi) is 8.46. The number of nitrogens with zero attached hydrogens (tertiary/aromatic N) is 5. The molecule has 0 radical (unpaired) electrons. The second kappa shape index (κ2) is 13.0. The zero-order chi connectivity index (χ0) is 38.9. The molecule has 0 atom stereocenters. The maximum atomic E-state index is 9.74. The molecule has 0 saturated heterocycles. The lowest BCUT2D eigenvalue weighted by Crippen LogP contribution is -2.31. The maximum absolute atomic E-state index is 9.74. The van der Waals surface area contributed by atoms with Gasteiger partial charge < -0.3 is 4.74 Å².